The van der Waals surface area contributed by atoms with Gasteiger partial charge in [0.2, 0.25) is 0 Å². The first-order valence-corrected chi connectivity index (χ1v) is 10.3. The maximum Gasteiger partial charge on any atom is 0.264 e. The molecular weight excluding hydrogens is 372 g/mol. The van der Waals surface area contributed by atoms with Crippen molar-refractivity contribution in [2.45, 2.75) is 18.7 Å². The molecular formula is C22H22N2O3S. The number of para-hydroxylation sites is 2. The maximum atomic E-state index is 12.8. The van der Waals surface area contributed by atoms with Crippen LogP contribution in [0.1, 0.15) is 21.5 Å². The highest BCUT2D eigenvalue weighted by Crippen LogP contribution is 2.23. The van der Waals surface area contributed by atoms with Crippen LogP contribution < -0.4 is 9.62 Å². The van der Waals surface area contributed by atoms with E-state index >= 15 is 0 Å². The zero-order valence-corrected chi connectivity index (χ0v) is 16.8. The van der Waals surface area contributed by atoms with Gasteiger partial charge in [-0.1, -0.05) is 36.4 Å². The summed E-state index contributed by atoms with van der Waals surface area (Å²) in [6, 6.07) is 20.6. The number of nitrogens with one attached hydrogen (secondary N) is 1. The molecule has 0 saturated heterocycles. The van der Waals surface area contributed by atoms with Gasteiger partial charge in [-0.15, -0.1) is 0 Å². The van der Waals surface area contributed by atoms with Gasteiger partial charge >= 0.3 is 0 Å². The Morgan fingerprint density at radius 1 is 0.821 bits per heavy atom. The van der Waals surface area contributed by atoms with Gasteiger partial charge in [-0.3, -0.25) is 9.10 Å². The van der Waals surface area contributed by atoms with Crippen LogP contribution in [0.15, 0.2) is 77.7 Å². The molecule has 3 aromatic rings. The summed E-state index contributed by atoms with van der Waals surface area (Å²) in [7, 11) is -2.20. The molecule has 144 valence electrons. The van der Waals surface area contributed by atoms with Crippen LogP contribution in [0.2, 0.25) is 0 Å². The van der Waals surface area contributed by atoms with Gasteiger partial charge in [-0.05, 0) is 61.4 Å². The number of hydrogen-bond donors (Lipinski definition) is 1. The molecule has 0 aliphatic rings. The molecule has 1 N–H and O–H groups in total. The smallest absolute Gasteiger partial charge is 0.264 e. The average Bonchev–Trinajstić information content (AvgIpc) is 2.71. The van der Waals surface area contributed by atoms with Crippen molar-refractivity contribution in [1.29, 1.82) is 0 Å². The van der Waals surface area contributed by atoms with Gasteiger partial charge in [0.15, 0.2) is 0 Å². The van der Waals surface area contributed by atoms with Crippen molar-refractivity contribution in [1.82, 2.24) is 0 Å². The molecule has 3 aromatic carbocycles. The molecule has 0 bridgehead atoms. The Hall–Kier alpha value is -3.12. The fraction of sp³-hybridized carbons (Fsp3) is 0.136. The van der Waals surface area contributed by atoms with Gasteiger partial charge in [0.25, 0.3) is 15.9 Å². The van der Waals surface area contributed by atoms with Crippen molar-refractivity contribution in [3.63, 3.8) is 0 Å². The Kier molecular flexibility index (Phi) is 5.51. The lowest BCUT2D eigenvalue weighted by atomic mass is 10.1. The number of aryl methyl sites for hydroxylation is 2. The third kappa shape index (κ3) is 3.92. The summed E-state index contributed by atoms with van der Waals surface area (Å²) in [6.45, 7) is 3.86. The minimum absolute atomic E-state index is 0.127. The zero-order valence-electron chi connectivity index (χ0n) is 16.0. The normalized spacial score (nSPS) is 11.1. The number of carbonyl (C=O) groups is 1. The minimum Gasteiger partial charge on any atom is -0.322 e. The quantitative estimate of drug-likeness (QED) is 0.698. The van der Waals surface area contributed by atoms with Crippen molar-refractivity contribution in [3.05, 3.63) is 89.5 Å². The van der Waals surface area contributed by atoms with Gasteiger partial charge in [0.05, 0.1) is 10.6 Å². The van der Waals surface area contributed by atoms with Crippen molar-refractivity contribution in [3.8, 4) is 0 Å². The summed E-state index contributed by atoms with van der Waals surface area (Å²) in [5, 5.41) is 2.90. The first kappa shape index (κ1) is 19.6. The fourth-order valence-corrected chi connectivity index (χ4v) is 4.11. The second kappa shape index (κ2) is 7.86. The van der Waals surface area contributed by atoms with Gasteiger partial charge in [-0.2, -0.15) is 0 Å². The number of hydrogen-bond acceptors (Lipinski definition) is 3. The molecule has 6 heteroatoms. The zero-order chi connectivity index (χ0) is 20.3. The topological polar surface area (TPSA) is 66.5 Å². The Balaban J connectivity index is 1.82. The van der Waals surface area contributed by atoms with E-state index in [2.05, 4.69) is 5.32 Å². The Morgan fingerprint density at radius 2 is 1.39 bits per heavy atom. The Labute approximate surface area is 165 Å². The third-order valence-electron chi connectivity index (χ3n) is 4.61. The number of sulfonamides is 1. The molecule has 1 amide bonds. The van der Waals surface area contributed by atoms with Crippen LogP contribution in [-0.2, 0) is 10.0 Å². The molecule has 0 heterocycles. The maximum absolute atomic E-state index is 12.8. The van der Waals surface area contributed by atoms with Gasteiger partial charge < -0.3 is 5.32 Å². The monoisotopic (exact) mass is 394 g/mol. The van der Waals surface area contributed by atoms with Crippen LogP contribution in [0.25, 0.3) is 0 Å². The van der Waals surface area contributed by atoms with Crippen molar-refractivity contribution in [2.75, 3.05) is 16.7 Å². The molecule has 0 atom stereocenters. The van der Waals surface area contributed by atoms with Crippen molar-refractivity contribution < 1.29 is 13.2 Å². The molecule has 5 nitrogen and oxygen atoms in total. The molecule has 0 radical (unpaired) electrons. The van der Waals surface area contributed by atoms with E-state index in [0.29, 0.717) is 11.3 Å². The largest absolute Gasteiger partial charge is 0.322 e. The molecule has 3 rings (SSSR count). The SMILES string of the molecule is Cc1cccc(C)c1NC(=O)c1ccc(S(=O)(=O)N(C)c2ccccc2)cc1. The van der Waals surface area contributed by atoms with Gasteiger partial charge in [-0.25, -0.2) is 8.42 Å². The van der Waals surface area contributed by atoms with E-state index in [1.165, 1.54) is 35.6 Å². The molecule has 0 aliphatic heterocycles. The van der Waals surface area contributed by atoms with Crippen molar-refractivity contribution in [2.24, 2.45) is 0 Å². The van der Waals surface area contributed by atoms with E-state index in [9.17, 15) is 13.2 Å². The number of rotatable bonds is 5. The number of nitrogens with zero attached hydrogens (tertiary/aromatic N) is 1. The molecule has 0 aliphatic carbocycles. The predicted octanol–water partition coefficient (Wildman–Crippen LogP) is 4.38. The van der Waals surface area contributed by atoms with Crippen LogP contribution in [-0.4, -0.2) is 21.4 Å². The summed E-state index contributed by atoms with van der Waals surface area (Å²) >= 11 is 0. The first-order valence-electron chi connectivity index (χ1n) is 8.82. The second-order valence-electron chi connectivity index (χ2n) is 6.55. The summed E-state index contributed by atoms with van der Waals surface area (Å²) in [6.07, 6.45) is 0. The molecule has 0 aromatic heterocycles. The lowest BCUT2D eigenvalue weighted by Crippen LogP contribution is -2.26. The molecule has 0 spiro atoms. The van der Waals surface area contributed by atoms with Crippen LogP contribution in [0, 0.1) is 13.8 Å². The number of anilines is 2. The highest BCUT2D eigenvalue weighted by molar-refractivity contribution is 7.92. The summed E-state index contributed by atoms with van der Waals surface area (Å²) in [5.41, 5.74) is 3.67. The van der Waals surface area contributed by atoms with Crippen LogP contribution in [0.4, 0.5) is 11.4 Å². The lowest BCUT2D eigenvalue weighted by molar-refractivity contribution is 0.102. The molecule has 0 fully saturated rings. The molecule has 0 saturated carbocycles. The predicted molar refractivity (Wildman–Crippen MR) is 112 cm³/mol. The lowest BCUT2D eigenvalue weighted by Gasteiger charge is -2.19. The van der Waals surface area contributed by atoms with E-state index in [4.69, 9.17) is 0 Å². The number of amides is 1. The van der Waals surface area contributed by atoms with Gasteiger partial charge in [0.1, 0.15) is 0 Å². The van der Waals surface area contributed by atoms with Crippen LogP contribution in [0.3, 0.4) is 0 Å². The van der Waals surface area contributed by atoms with E-state index < -0.39 is 10.0 Å². The van der Waals surface area contributed by atoms with Crippen LogP contribution in [0.5, 0.6) is 0 Å². The summed E-state index contributed by atoms with van der Waals surface area (Å²) in [4.78, 5) is 12.7. The van der Waals surface area contributed by atoms with Gasteiger partial charge in [0, 0.05) is 18.3 Å². The number of carbonyl (C=O) groups excluding carboxylic acids is 1. The number of benzene rings is 3. The van der Waals surface area contributed by atoms with E-state index in [0.717, 1.165) is 16.8 Å². The third-order valence-corrected chi connectivity index (χ3v) is 6.41. The average molecular weight is 394 g/mol. The minimum atomic E-state index is -3.71. The fourth-order valence-electron chi connectivity index (χ4n) is 2.91. The molecule has 0 unspecified atom stereocenters. The first-order chi connectivity index (χ1) is 13.3. The van der Waals surface area contributed by atoms with Crippen LogP contribution >= 0.6 is 0 Å². The summed E-state index contributed by atoms with van der Waals surface area (Å²) in [5.74, 6) is -0.280. The summed E-state index contributed by atoms with van der Waals surface area (Å²) < 4.78 is 26.9. The Bertz CT molecular complexity index is 1070. The Morgan fingerprint density at radius 3 is 1.96 bits per heavy atom. The van der Waals surface area contributed by atoms with Crippen molar-refractivity contribution >= 4 is 27.3 Å². The van der Waals surface area contributed by atoms with E-state index in [-0.39, 0.29) is 10.8 Å². The second-order valence-corrected chi connectivity index (χ2v) is 8.52. The highest BCUT2D eigenvalue weighted by atomic mass is 32.2. The standard InChI is InChI=1S/C22H22N2O3S/c1-16-8-7-9-17(2)21(16)23-22(25)18-12-14-20(15-13-18)28(26,27)24(3)19-10-5-4-6-11-19/h4-15H,1-3H3,(H,23,25). The van der Waals surface area contributed by atoms with E-state index in [1.807, 2.05) is 38.1 Å². The van der Waals surface area contributed by atoms with E-state index in [1.54, 1.807) is 24.3 Å². The highest BCUT2D eigenvalue weighted by Gasteiger charge is 2.21. The molecule has 28 heavy (non-hydrogen) atoms.